The van der Waals surface area contributed by atoms with Crippen LogP contribution in [0, 0.1) is 6.92 Å². The number of amides is 1. The molecule has 5 heteroatoms. The molecule has 3 fully saturated rings. The van der Waals surface area contributed by atoms with E-state index in [1.165, 1.54) is 5.56 Å². The van der Waals surface area contributed by atoms with Crippen molar-refractivity contribution in [3.63, 3.8) is 0 Å². The number of likely N-dealkylation sites (tertiary alicyclic amines) is 1. The summed E-state index contributed by atoms with van der Waals surface area (Å²) in [5, 5.41) is 0. The Hall–Kier alpha value is -2.24. The fourth-order valence-electron chi connectivity index (χ4n) is 4.74. The van der Waals surface area contributed by atoms with E-state index in [2.05, 4.69) is 34.1 Å². The van der Waals surface area contributed by atoms with E-state index in [9.17, 15) is 4.79 Å². The van der Waals surface area contributed by atoms with Crippen LogP contribution in [0.2, 0.25) is 0 Å². The summed E-state index contributed by atoms with van der Waals surface area (Å²) in [6.07, 6.45) is 3.30. The van der Waals surface area contributed by atoms with Gasteiger partial charge in [0.2, 0.25) is 5.91 Å². The molecule has 0 saturated carbocycles. The molecule has 3 atom stereocenters. The second-order valence-corrected chi connectivity index (χ2v) is 7.63. The zero-order valence-electron chi connectivity index (χ0n) is 15.0. The lowest BCUT2D eigenvalue weighted by molar-refractivity contribution is -0.138. The Labute approximate surface area is 153 Å². The third-order valence-electron chi connectivity index (χ3n) is 6.05. The van der Waals surface area contributed by atoms with Crippen LogP contribution in [0.5, 0.6) is 0 Å². The van der Waals surface area contributed by atoms with Crippen LogP contribution in [0.15, 0.2) is 48.7 Å². The van der Waals surface area contributed by atoms with Crippen molar-refractivity contribution in [2.45, 2.75) is 44.2 Å². The molecule has 3 saturated heterocycles. The molecule has 1 amide bonds. The Balaban J connectivity index is 1.39. The maximum Gasteiger partial charge on any atom is 0.226 e. The van der Waals surface area contributed by atoms with E-state index in [-0.39, 0.29) is 18.1 Å². The van der Waals surface area contributed by atoms with Gasteiger partial charge in [-0.25, -0.2) is 0 Å². The molecule has 3 aliphatic rings. The van der Waals surface area contributed by atoms with Gasteiger partial charge in [-0.3, -0.25) is 14.7 Å². The number of pyridine rings is 1. The number of nitrogens with zero attached hydrogens (tertiary/aromatic N) is 3. The van der Waals surface area contributed by atoms with Gasteiger partial charge in [0.15, 0.2) is 5.72 Å². The van der Waals surface area contributed by atoms with E-state index in [1.54, 1.807) is 0 Å². The molecular weight excluding hydrogens is 326 g/mol. The highest BCUT2D eigenvalue weighted by Crippen LogP contribution is 2.50. The van der Waals surface area contributed by atoms with Gasteiger partial charge < -0.3 is 9.64 Å². The number of aryl methyl sites for hydroxylation is 1. The first-order valence-electron chi connectivity index (χ1n) is 9.34. The average molecular weight is 349 g/mol. The van der Waals surface area contributed by atoms with Crippen LogP contribution in [0.1, 0.15) is 35.8 Å². The number of carbonyl (C=O) groups is 1. The molecule has 1 aromatic carbocycles. The molecule has 2 aromatic rings. The summed E-state index contributed by atoms with van der Waals surface area (Å²) in [4.78, 5) is 21.6. The predicted octanol–water partition coefficient (Wildman–Crippen LogP) is 2.66. The Morgan fingerprint density at radius 1 is 1.23 bits per heavy atom. The largest absolute Gasteiger partial charge is 0.344 e. The summed E-state index contributed by atoms with van der Waals surface area (Å²) in [5.41, 5.74) is 2.92. The van der Waals surface area contributed by atoms with E-state index in [1.807, 2.05) is 36.2 Å². The minimum absolute atomic E-state index is 0.0274. The number of benzene rings is 1. The first-order valence-corrected chi connectivity index (χ1v) is 9.34. The van der Waals surface area contributed by atoms with Gasteiger partial charge in [-0.2, -0.15) is 0 Å². The van der Waals surface area contributed by atoms with Crippen LogP contribution >= 0.6 is 0 Å². The van der Waals surface area contributed by atoms with Crippen LogP contribution in [0.4, 0.5) is 0 Å². The smallest absolute Gasteiger partial charge is 0.226 e. The van der Waals surface area contributed by atoms with Crippen molar-refractivity contribution in [2.75, 3.05) is 13.1 Å². The molecule has 4 heterocycles. The van der Waals surface area contributed by atoms with Crippen molar-refractivity contribution < 1.29 is 9.53 Å². The third kappa shape index (κ3) is 2.38. The van der Waals surface area contributed by atoms with Crippen LogP contribution in [0.3, 0.4) is 0 Å². The lowest BCUT2D eigenvalue weighted by Crippen LogP contribution is -2.47. The molecule has 134 valence electrons. The summed E-state index contributed by atoms with van der Waals surface area (Å²) in [6.45, 7) is 4.42. The molecule has 5 rings (SSSR count). The van der Waals surface area contributed by atoms with Gasteiger partial charge in [0.05, 0.1) is 18.3 Å². The predicted molar refractivity (Wildman–Crippen MR) is 97.1 cm³/mol. The molecule has 26 heavy (non-hydrogen) atoms. The van der Waals surface area contributed by atoms with Gasteiger partial charge in [0.1, 0.15) is 6.10 Å². The number of ether oxygens (including phenoxy) is 1. The van der Waals surface area contributed by atoms with Crippen molar-refractivity contribution in [3.8, 4) is 0 Å². The summed E-state index contributed by atoms with van der Waals surface area (Å²) in [5.74, 6) is 0.218. The fraction of sp³-hybridized carbons (Fsp3) is 0.429. The topological polar surface area (TPSA) is 45.7 Å². The normalized spacial score (nSPS) is 30.7. The standard InChI is InChI=1S/C21H23N3O2/c1-15-7-8-17(22-12-15)13-23-10-9-21-19(23)11-20(25)24(21)14-18(26-21)16-5-3-2-4-6-16/h2-8,12,18-19H,9-11,13-14H2,1H3/t18-,19-,21+/m1/s1. The number of hydrogen-bond donors (Lipinski definition) is 0. The van der Waals surface area contributed by atoms with Gasteiger partial charge in [-0.15, -0.1) is 0 Å². The maximum absolute atomic E-state index is 12.7. The van der Waals surface area contributed by atoms with Crippen LogP contribution in [0.25, 0.3) is 0 Å². The van der Waals surface area contributed by atoms with Gasteiger partial charge in [-0.1, -0.05) is 36.4 Å². The number of aromatic nitrogens is 1. The molecule has 0 unspecified atom stereocenters. The average Bonchev–Trinajstić information content (AvgIpc) is 3.28. The first kappa shape index (κ1) is 16.0. The van der Waals surface area contributed by atoms with Crippen molar-refractivity contribution in [1.29, 1.82) is 0 Å². The van der Waals surface area contributed by atoms with E-state index >= 15 is 0 Å². The number of carbonyl (C=O) groups excluding carboxylic acids is 1. The van der Waals surface area contributed by atoms with Crippen molar-refractivity contribution in [2.24, 2.45) is 0 Å². The second kappa shape index (κ2) is 5.89. The van der Waals surface area contributed by atoms with E-state index in [0.717, 1.165) is 30.8 Å². The molecule has 3 aliphatic heterocycles. The van der Waals surface area contributed by atoms with E-state index < -0.39 is 5.72 Å². The second-order valence-electron chi connectivity index (χ2n) is 7.63. The number of hydrogen-bond acceptors (Lipinski definition) is 4. The molecule has 0 aliphatic carbocycles. The monoisotopic (exact) mass is 349 g/mol. The van der Waals surface area contributed by atoms with Crippen molar-refractivity contribution in [3.05, 3.63) is 65.5 Å². The Bertz CT molecular complexity index is 823. The van der Waals surface area contributed by atoms with Gasteiger partial charge in [-0.05, 0) is 24.1 Å². The zero-order valence-corrected chi connectivity index (χ0v) is 15.0. The first-order chi connectivity index (χ1) is 12.7. The summed E-state index contributed by atoms with van der Waals surface area (Å²) in [7, 11) is 0. The Kier molecular flexibility index (Phi) is 3.62. The van der Waals surface area contributed by atoms with Gasteiger partial charge in [0.25, 0.3) is 0 Å². The molecule has 0 N–H and O–H groups in total. The van der Waals surface area contributed by atoms with Crippen molar-refractivity contribution >= 4 is 5.91 Å². The highest BCUT2D eigenvalue weighted by Gasteiger charge is 2.63. The third-order valence-corrected chi connectivity index (χ3v) is 6.05. The molecular formula is C21H23N3O2. The summed E-state index contributed by atoms with van der Waals surface area (Å²) in [6, 6.07) is 14.5. The molecule has 0 radical (unpaired) electrons. The summed E-state index contributed by atoms with van der Waals surface area (Å²) < 4.78 is 6.58. The molecule has 1 spiro atoms. The Morgan fingerprint density at radius 2 is 2.08 bits per heavy atom. The van der Waals surface area contributed by atoms with E-state index in [4.69, 9.17) is 4.74 Å². The van der Waals surface area contributed by atoms with Gasteiger partial charge >= 0.3 is 0 Å². The Morgan fingerprint density at radius 3 is 2.85 bits per heavy atom. The lowest BCUT2D eigenvalue weighted by Gasteiger charge is -2.32. The fourth-order valence-corrected chi connectivity index (χ4v) is 4.74. The quantitative estimate of drug-likeness (QED) is 0.855. The minimum Gasteiger partial charge on any atom is -0.344 e. The minimum atomic E-state index is -0.456. The molecule has 0 bridgehead atoms. The zero-order chi connectivity index (χ0) is 17.7. The van der Waals surface area contributed by atoms with Crippen LogP contribution in [-0.4, -0.2) is 45.5 Å². The van der Waals surface area contributed by atoms with E-state index in [0.29, 0.717) is 13.0 Å². The summed E-state index contributed by atoms with van der Waals surface area (Å²) >= 11 is 0. The van der Waals surface area contributed by atoms with Crippen LogP contribution in [-0.2, 0) is 16.1 Å². The maximum atomic E-state index is 12.7. The SMILES string of the molecule is Cc1ccc(CN2CC[C@@]34O[C@@H](c5ccccc5)CN3C(=O)C[C@@H]24)nc1. The number of rotatable bonds is 3. The lowest BCUT2D eigenvalue weighted by atomic mass is 10.1. The molecule has 5 nitrogen and oxygen atoms in total. The van der Waals surface area contributed by atoms with Crippen LogP contribution < -0.4 is 0 Å². The van der Waals surface area contributed by atoms with Crippen molar-refractivity contribution in [1.82, 2.24) is 14.8 Å². The highest BCUT2D eigenvalue weighted by atomic mass is 16.5. The highest BCUT2D eigenvalue weighted by molar-refractivity contribution is 5.81. The van der Waals surface area contributed by atoms with Gasteiger partial charge in [0, 0.05) is 32.1 Å². The molecule has 1 aromatic heterocycles.